The van der Waals surface area contributed by atoms with Crippen LogP contribution in [-0.2, 0) is 21.4 Å². The lowest BCUT2D eigenvalue weighted by Crippen LogP contribution is -2.37. The third-order valence-electron chi connectivity index (χ3n) is 4.02. The molecular formula is C19H23ClN2O4S. The van der Waals surface area contributed by atoms with Crippen LogP contribution < -0.4 is 14.4 Å². The molecule has 0 aliphatic carbocycles. The standard InChI is InChI=1S/C19H23ClN2O4S/c1-4-18(19(23)21-13-14-5-7-15(20)8-6-14)26-17-11-9-16(10-12-17)22(2)27(3,24)25/h5-12,18H,4,13H2,1-3H3,(H,21,23). The van der Waals surface area contributed by atoms with E-state index in [4.69, 9.17) is 16.3 Å². The van der Waals surface area contributed by atoms with Gasteiger partial charge in [0.2, 0.25) is 10.0 Å². The van der Waals surface area contributed by atoms with Crippen molar-refractivity contribution in [3.63, 3.8) is 0 Å². The number of amides is 1. The zero-order chi connectivity index (χ0) is 20.0. The molecule has 1 unspecified atom stereocenters. The van der Waals surface area contributed by atoms with Gasteiger partial charge in [-0.2, -0.15) is 0 Å². The maximum Gasteiger partial charge on any atom is 0.261 e. The number of ether oxygens (including phenoxy) is 1. The molecule has 0 saturated carbocycles. The topological polar surface area (TPSA) is 75.7 Å². The van der Waals surface area contributed by atoms with Gasteiger partial charge in [-0.3, -0.25) is 9.10 Å². The summed E-state index contributed by atoms with van der Waals surface area (Å²) in [6.07, 6.45) is 0.989. The van der Waals surface area contributed by atoms with Crippen LogP contribution in [-0.4, -0.2) is 33.7 Å². The average molecular weight is 411 g/mol. The van der Waals surface area contributed by atoms with Crippen molar-refractivity contribution >= 4 is 33.2 Å². The van der Waals surface area contributed by atoms with Crippen LogP contribution in [0.3, 0.4) is 0 Å². The molecule has 0 aromatic heterocycles. The molecule has 8 heteroatoms. The minimum absolute atomic E-state index is 0.218. The number of rotatable bonds is 8. The van der Waals surface area contributed by atoms with E-state index in [1.54, 1.807) is 36.4 Å². The summed E-state index contributed by atoms with van der Waals surface area (Å²) in [5, 5.41) is 3.49. The molecule has 2 aromatic carbocycles. The van der Waals surface area contributed by atoms with Crippen molar-refractivity contribution in [1.29, 1.82) is 0 Å². The summed E-state index contributed by atoms with van der Waals surface area (Å²) in [5.41, 5.74) is 1.46. The van der Waals surface area contributed by atoms with Gasteiger partial charge in [-0.15, -0.1) is 0 Å². The van der Waals surface area contributed by atoms with Crippen LogP contribution in [0.1, 0.15) is 18.9 Å². The van der Waals surface area contributed by atoms with Crippen LogP contribution in [0.4, 0.5) is 5.69 Å². The Morgan fingerprint density at radius 1 is 1.15 bits per heavy atom. The number of hydrogen-bond donors (Lipinski definition) is 1. The monoisotopic (exact) mass is 410 g/mol. The van der Waals surface area contributed by atoms with Crippen LogP contribution in [0.5, 0.6) is 5.75 Å². The SMILES string of the molecule is CCC(Oc1ccc(N(C)S(C)(=O)=O)cc1)C(=O)NCc1ccc(Cl)cc1. The quantitative estimate of drug-likeness (QED) is 0.725. The number of carbonyl (C=O) groups is 1. The number of nitrogens with zero attached hydrogens (tertiary/aromatic N) is 1. The molecule has 0 saturated heterocycles. The molecule has 1 atom stereocenters. The lowest BCUT2D eigenvalue weighted by atomic mass is 10.2. The van der Waals surface area contributed by atoms with Crippen molar-refractivity contribution in [2.24, 2.45) is 0 Å². The summed E-state index contributed by atoms with van der Waals surface area (Å²) in [4.78, 5) is 12.4. The number of anilines is 1. The first-order chi connectivity index (χ1) is 12.7. The molecule has 1 amide bonds. The Morgan fingerprint density at radius 2 is 1.74 bits per heavy atom. The predicted octanol–water partition coefficient (Wildman–Crippen LogP) is 3.21. The number of sulfonamides is 1. The van der Waals surface area contributed by atoms with E-state index in [0.717, 1.165) is 11.8 Å². The molecular weight excluding hydrogens is 388 g/mol. The Labute approximate surface area is 165 Å². The van der Waals surface area contributed by atoms with Crippen molar-refractivity contribution in [2.45, 2.75) is 26.0 Å². The molecule has 1 N–H and O–H groups in total. The fourth-order valence-corrected chi connectivity index (χ4v) is 2.95. The Balaban J connectivity index is 1.97. The van der Waals surface area contributed by atoms with Crippen molar-refractivity contribution in [2.75, 3.05) is 17.6 Å². The lowest BCUT2D eigenvalue weighted by Gasteiger charge is -2.19. The first-order valence-electron chi connectivity index (χ1n) is 8.43. The molecule has 0 bridgehead atoms. The minimum atomic E-state index is -3.33. The second-order valence-corrected chi connectivity index (χ2v) is 8.53. The van der Waals surface area contributed by atoms with Crippen LogP contribution in [0.25, 0.3) is 0 Å². The minimum Gasteiger partial charge on any atom is -0.481 e. The summed E-state index contributed by atoms with van der Waals surface area (Å²) >= 11 is 5.85. The Bertz CT molecular complexity index is 868. The average Bonchev–Trinajstić information content (AvgIpc) is 2.64. The normalized spacial score (nSPS) is 12.3. The number of halogens is 1. The van der Waals surface area contributed by atoms with Crippen LogP contribution >= 0.6 is 11.6 Å². The van der Waals surface area contributed by atoms with E-state index in [1.165, 1.54) is 11.4 Å². The zero-order valence-corrected chi connectivity index (χ0v) is 17.0. The second kappa shape index (κ2) is 9.10. The van der Waals surface area contributed by atoms with Crippen LogP contribution in [0.2, 0.25) is 5.02 Å². The highest BCUT2D eigenvalue weighted by atomic mass is 35.5. The fraction of sp³-hybridized carbons (Fsp3) is 0.316. The van der Waals surface area contributed by atoms with Crippen LogP contribution in [0, 0.1) is 0 Å². The first-order valence-corrected chi connectivity index (χ1v) is 10.7. The van der Waals surface area contributed by atoms with E-state index in [1.807, 2.05) is 19.1 Å². The van der Waals surface area contributed by atoms with E-state index < -0.39 is 16.1 Å². The maximum atomic E-state index is 12.4. The van der Waals surface area contributed by atoms with Gasteiger partial charge in [0.1, 0.15) is 5.75 Å². The van der Waals surface area contributed by atoms with Gasteiger partial charge in [0, 0.05) is 18.6 Å². The summed E-state index contributed by atoms with van der Waals surface area (Å²) in [6.45, 7) is 2.24. The van der Waals surface area contributed by atoms with Gasteiger partial charge >= 0.3 is 0 Å². The summed E-state index contributed by atoms with van der Waals surface area (Å²) in [6, 6.07) is 13.8. The molecule has 0 aliphatic rings. The Kier molecular flexibility index (Phi) is 7.10. The lowest BCUT2D eigenvalue weighted by molar-refractivity contribution is -0.128. The smallest absolute Gasteiger partial charge is 0.261 e. The molecule has 0 aliphatic heterocycles. The van der Waals surface area contributed by atoms with E-state index in [0.29, 0.717) is 29.4 Å². The van der Waals surface area contributed by atoms with Gasteiger partial charge in [-0.1, -0.05) is 30.7 Å². The molecule has 2 rings (SSSR count). The van der Waals surface area contributed by atoms with E-state index >= 15 is 0 Å². The molecule has 0 heterocycles. The highest BCUT2D eigenvalue weighted by molar-refractivity contribution is 7.92. The highest BCUT2D eigenvalue weighted by Crippen LogP contribution is 2.21. The largest absolute Gasteiger partial charge is 0.481 e. The van der Waals surface area contributed by atoms with Gasteiger partial charge in [0.15, 0.2) is 6.10 Å². The predicted molar refractivity (Wildman–Crippen MR) is 108 cm³/mol. The van der Waals surface area contributed by atoms with Crippen LogP contribution in [0.15, 0.2) is 48.5 Å². The Morgan fingerprint density at radius 3 is 2.26 bits per heavy atom. The van der Waals surface area contributed by atoms with Gasteiger partial charge in [-0.25, -0.2) is 8.42 Å². The number of benzene rings is 2. The first kappa shape index (κ1) is 21.1. The zero-order valence-electron chi connectivity index (χ0n) is 15.5. The fourth-order valence-electron chi connectivity index (χ4n) is 2.32. The third kappa shape index (κ3) is 6.15. The van der Waals surface area contributed by atoms with Crippen molar-refractivity contribution in [3.05, 3.63) is 59.1 Å². The summed E-state index contributed by atoms with van der Waals surface area (Å²) in [7, 11) is -1.85. The van der Waals surface area contributed by atoms with Gasteiger partial charge in [0.25, 0.3) is 5.91 Å². The van der Waals surface area contributed by atoms with Crippen molar-refractivity contribution in [3.8, 4) is 5.75 Å². The summed E-state index contributed by atoms with van der Waals surface area (Å²) < 4.78 is 30.1. The highest BCUT2D eigenvalue weighted by Gasteiger charge is 2.18. The molecule has 0 spiro atoms. The van der Waals surface area contributed by atoms with E-state index in [2.05, 4.69) is 5.32 Å². The molecule has 0 fully saturated rings. The van der Waals surface area contributed by atoms with Gasteiger partial charge in [-0.05, 0) is 48.4 Å². The van der Waals surface area contributed by atoms with E-state index in [9.17, 15) is 13.2 Å². The van der Waals surface area contributed by atoms with Crippen molar-refractivity contribution in [1.82, 2.24) is 5.32 Å². The van der Waals surface area contributed by atoms with Gasteiger partial charge < -0.3 is 10.1 Å². The molecule has 27 heavy (non-hydrogen) atoms. The maximum absolute atomic E-state index is 12.4. The third-order valence-corrected chi connectivity index (χ3v) is 5.48. The number of nitrogens with one attached hydrogen (secondary N) is 1. The second-order valence-electron chi connectivity index (χ2n) is 6.08. The number of hydrogen-bond acceptors (Lipinski definition) is 4. The molecule has 6 nitrogen and oxygen atoms in total. The summed E-state index contributed by atoms with van der Waals surface area (Å²) in [5.74, 6) is 0.277. The van der Waals surface area contributed by atoms with Crippen molar-refractivity contribution < 1.29 is 17.9 Å². The molecule has 146 valence electrons. The molecule has 2 aromatic rings. The number of carbonyl (C=O) groups excluding carboxylic acids is 1. The van der Waals surface area contributed by atoms with E-state index in [-0.39, 0.29) is 5.91 Å². The molecule has 0 radical (unpaired) electrons. The Hall–Kier alpha value is -2.25. The van der Waals surface area contributed by atoms with Gasteiger partial charge in [0.05, 0.1) is 11.9 Å².